The van der Waals surface area contributed by atoms with Crippen LogP contribution in [0.1, 0.15) is 19.3 Å². The number of ether oxygens (including phenoxy) is 1. The molecule has 0 atom stereocenters. The van der Waals surface area contributed by atoms with Crippen molar-refractivity contribution in [2.24, 2.45) is 0 Å². The maximum absolute atomic E-state index is 11.9. The van der Waals surface area contributed by atoms with Crippen molar-refractivity contribution >= 4 is 28.9 Å². The average Bonchev–Trinajstić information content (AvgIpc) is 2.55. The normalized spacial score (nSPS) is 15.5. The van der Waals surface area contributed by atoms with Gasteiger partial charge in [0.1, 0.15) is 0 Å². The number of benzene rings is 1. The van der Waals surface area contributed by atoms with E-state index in [0.29, 0.717) is 36.8 Å². The lowest BCUT2D eigenvalue weighted by atomic mass is 10.0. The van der Waals surface area contributed by atoms with Gasteiger partial charge in [0.2, 0.25) is 5.91 Å². The Kier molecular flexibility index (Phi) is 6.18. The molecule has 0 unspecified atom stereocenters. The lowest BCUT2D eigenvalue weighted by molar-refractivity contribution is -0.384. The van der Waals surface area contributed by atoms with E-state index in [2.05, 4.69) is 5.32 Å². The van der Waals surface area contributed by atoms with E-state index in [4.69, 9.17) is 16.3 Å². The zero-order valence-corrected chi connectivity index (χ0v) is 13.7. The topological polar surface area (TPSA) is 84.7 Å². The first kappa shape index (κ1) is 17.5. The van der Waals surface area contributed by atoms with Crippen LogP contribution in [0.4, 0.5) is 11.4 Å². The number of amides is 1. The number of non-ortho nitro benzene ring substituents is 1. The van der Waals surface area contributed by atoms with Gasteiger partial charge in [0, 0.05) is 38.4 Å². The number of nitro benzene ring substituents is 1. The van der Waals surface area contributed by atoms with Gasteiger partial charge in [-0.3, -0.25) is 14.9 Å². The number of hydrogen-bond acceptors (Lipinski definition) is 5. The highest BCUT2D eigenvalue weighted by molar-refractivity contribution is 6.33. The van der Waals surface area contributed by atoms with Gasteiger partial charge in [0.05, 0.1) is 28.7 Å². The Morgan fingerprint density at radius 2 is 2.17 bits per heavy atom. The summed E-state index contributed by atoms with van der Waals surface area (Å²) in [7, 11) is 1.58. The summed E-state index contributed by atoms with van der Waals surface area (Å²) < 4.78 is 4.92. The highest BCUT2D eigenvalue weighted by atomic mass is 35.5. The highest BCUT2D eigenvalue weighted by Crippen LogP contribution is 2.28. The third-order valence-corrected chi connectivity index (χ3v) is 4.20. The van der Waals surface area contributed by atoms with Gasteiger partial charge >= 0.3 is 0 Å². The Bertz CT molecular complexity index is 574. The summed E-state index contributed by atoms with van der Waals surface area (Å²) in [5.41, 5.74) is 0.653. The van der Waals surface area contributed by atoms with Crippen molar-refractivity contribution in [1.82, 2.24) is 4.90 Å². The molecule has 2 rings (SSSR count). The fourth-order valence-electron chi connectivity index (χ4n) is 2.58. The molecule has 0 aromatic heterocycles. The number of carbonyl (C=O) groups is 1. The van der Waals surface area contributed by atoms with Gasteiger partial charge in [-0.05, 0) is 18.9 Å². The number of nitro groups is 1. The van der Waals surface area contributed by atoms with E-state index >= 15 is 0 Å². The quantitative estimate of drug-likeness (QED) is 0.635. The Balaban J connectivity index is 1.87. The molecule has 0 radical (unpaired) electrons. The zero-order chi connectivity index (χ0) is 16.8. The average molecular weight is 342 g/mol. The van der Waals surface area contributed by atoms with Gasteiger partial charge in [0.25, 0.3) is 5.69 Å². The second kappa shape index (κ2) is 8.12. The second-order valence-electron chi connectivity index (χ2n) is 5.46. The van der Waals surface area contributed by atoms with Crippen LogP contribution in [0.3, 0.4) is 0 Å². The van der Waals surface area contributed by atoms with E-state index in [0.717, 1.165) is 12.8 Å². The molecule has 1 fully saturated rings. The van der Waals surface area contributed by atoms with E-state index in [9.17, 15) is 14.9 Å². The van der Waals surface area contributed by atoms with E-state index in [1.165, 1.54) is 12.1 Å². The van der Waals surface area contributed by atoms with Gasteiger partial charge in [-0.25, -0.2) is 0 Å². The van der Waals surface area contributed by atoms with E-state index in [1.807, 2.05) is 4.90 Å². The van der Waals surface area contributed by atoms with Crippen molar-refractivity contribution in [3.8, 4) is 0 Å². The molecule has 0 saturated carbocycles. The van der Waals surface area contributed by atoms with E-state index < -0.39 is 4.92 Å². The Morgan fingerprint density at radius 3 is 2.74 bits per heavy atom. The summed E-state index contributed by atoms with van der Waals surface area (Å²) in [6.45, 7) is 1.81. The van der Waals surface area contributed by atoms with Gasteiger partial charge in [-0.2, -0.15) is 0 Å². The maximum atomic E-state index is 11.9. The monoisotopic (exact) mass is 341 g/mol. The van der Waals surface area contributed by atoms with Gasteiger partial charge in [-0.1, -0.05) is 11.6 Å². The van der Waals surface area contributed by atoms with Crippen LogP contribution in [0.15, 0.2) is 18.2 Å². The van der Waals surface area contributed by atoms with Crippen LogP contribution >= 0.6 is 11.6 Å². The number of halogens is 1. The second-order valence-corrected chi connectivity index (χ2v) is 5.87. The number of likely N-dealkylation sites (tertiary alicyclic amines) is 1. The third kappa shape index (κ3) is 4.80. The molecular weight excluding hydrogens is 322 g/mol. The van der Waals surface area contributed by atoms with Crippen molar-refractivity contribution in [3.05, 3.63) is 33.3 Å². The van der Waals surface area contributed by atoms with Crippen LogP contribution in [-0.4, -0.2) is 48.6 Å². The lowest BCUT2D eigenvalue weighted by Crippen LogP contribution is -2.42. The molecule has 0 bridgehead atoms. The van der Waals surface area contributed by atoms with E-state index in [1.54, 1.807) is 13.2 Å². The summed E-state index contributed by atoms with van der Waals surface area (Å²) in [6.07, 6.45) is 2.03. The predicted octanol–water partition coefficient (Wildman–Crippen LogP) is 2.69. The molecule has 0 aliphatic carbocycles. The number of carbonyl (C=O) groups excluding carboxylic acids is 1. The zero-order valence-electron chi connectivity index (χ0n) is 13.0. The van der Waals surface area contributed by atoms with Gasteiger partial charge < -0.3 is 15.0 Å². The van der Waals surface area contributed by atoms with Crippen LogP contribution in [0.5, 0.6) is 0 Å². The summed E-state index contributed by atoms with van der Waals surface area (Å²) >= 11 is 6.08. The van der Waals surface area contributed by atoms with Gasteiger partial charge in [-0.15, -0.1) is 0 Å². The minimum absolute atomic E-state index is 0.0286. The highest BCUT2D eigenvalue weighted by Gasteiger charge is 2.23. The number of nitrogens with zero attached hydrogens (tertiary/aromatic N) is 2. The number of piperidine rings is 1. The van der Waals surface area contributed by atoms with Crippen molar-refractivity contribution in [2.75, 3.05) is 32.1 Å². The Morgan fingerprint density at radius 1 is 1.48 bits per heavy atom. The summed E-state index contributed by atoms with van der Waals surface area (Å²) in [4.78, 5) is 24.0. The summed E-state index contributed by atoms with van der Waals surface area (Å²) in [5, 5.41) is 14.3. The number of nitrogens with one attached hydrogen (secondary N) is 1. The van der Waals surface area contributed by atoms with Crippen molar-refractivity contribution in [2.45, 2.75) is 25.3 Å². The number of hydrogen-bond donors (Lipinski definition) is 1. The molecule has 1 aliphatic rings. The van der Waals surface area contributed by atoms with Crippen LogP contribution in [0, 0.1) is 10.1 Å². The molecular formula is C15H20ClN3O4. The first-order valence-electron chi connectivity index (χ1n) is 7.48. The number of rotatable bonds is 6. The van der Waals surface area contributed by atoms with Crippen molar-refractivity contribution in [3.63, 3.8) is 0 Å². The standard InChI is InChI=1S/C15H20ClN3O4/c1-23-9-6-15(20)18-7-4-11(5-8-18)17-14-3-2-12(19(21)22)10-13(14)16/h2-3,10-11,17H,4-9H2,1H3. The van der Waals surface area contributed by atoms with Crippen LogP contribution < -0.4 is 5.32 Å². The molecule has 23 heavy (non-hydrogen) atoms. The van der Waals surface area contributed by atoms with Gasteiger partial charge in [0.15, 0.2) is 0 Å². The third-order valence-electron chi connectivity index (χ3n) is 3.89. The predicted molar refractivity (Wildman–Crippen MR) is 87.8 cm³/mol. The molecule has 1 aliphatic heterocycles. The number of anilines is 1. The number of methoxy groups -OCH3 is 1. The first-order valence-corrected chi connectivity index (χ1v) is 7.86. The summed E-state index contributed by atoms with van der Waals surface area (Å²) in [5.74, 6) is 0.110. The lowest BCUT2D eigenvalue weighted by Gasteiger charge is -2.33. The Labute approximate surface area is 139 Å². The fourth-order valence-corrected chi connectivity index (χ4v) is 2.80. The van der Waals surface area contributed by atoms with E-state index in [-0.39, 0.29) is 17.6 Å². The first-order chi connectivity index (χ1) is 11.0. The largest absolute Gasteiger partial charge is 0.384 e. The van der Waals surface area contributed by atoms with Crippen LogP contribution in [0.25, 0.3) is 0 Å². The molecule has 1 aromatic carbocycles. The molecule has 7 nitrogen and oxygen atoms in total. The molecule has 1 saturated heterocycles. The molecule has 1 N–H and O–H groups in total. The Hall–Kier alpha value is -1.86. The smallest absolute Gasteiger partial charge is 0.271 e. The minimum Gasteiger partial charge on any atom is -0.384 e. The summed E-state index contributed by atoms with van der Waals surface area (Å²) in [6, 6.07) is 4.59. The molecule has 1 amide bonds. The van der Waals surface area contributed by atoms with Crippen LogP contribution in [-0.2, 0) is 9.53 Å². The maximum Gasteiger partial charge on any atom is 0.271 e. The fraction of sp³-hybridized carbons (Fsp3) is 0.533. The molecule has 8 heteroatoms. The van der Waals surface area contributed by atoms with Crippen LogP contribution in [0.2, 0.25) is 5.02 Å². The van der Waals surface area contributed by atoms with Crippen molar-refractivity contribution in [1.29, 1.82) is 0 Å². The van der Waals surface area contributed by atoms with Crippen molar-refractivity contribution < 1.29 is 14.5 Å². The molecule has 1 aromatic rings. The molecule has 1 heterocycles. The molecule has 126 valence electrons. The molecule has 0 spiro atoms. The SMILES string of the molecule is COCCC(=O)N1CCC(Nc2ccc([N+](=O)[O-])cc2Cl)CC1. The minimum atomic E-state index is -0.472.